The van der Waals surface area contributed by atoms with Crippen LogP contribution in [0.1, 0.15) is 43.5 Å². The van der Waals surface area contributed by atoms with Crippen molar-refractivity contribution in [3.05, 3.63) is 131 Å². The Balaban J connectivity index is 1.60. The van der Waals surface area contributed by atoms with Crippen LogP contribution in [0.15, 0.2) is 93.9 Å². The van der Waals surface area contributed by atoms with Gasteiger partial charge in [-0.05, 0) is 68.3 Å². The number of nitrogens with zero attached hydrogens (tertiary/aromatic N) is 3. The Morgan fingerprint density at radius 1 is 1.07 bits per heavy atom. The summed E-state index contributed by atoms with van der Waals surface area (Å²) in [7, 11) is 0. The van der Waals surface area contributed by atoms with Gasteiger partial charge in [0.15, 0.2) is 4.80 Å². The molecule has 1 aliphatic heterocycles. The number of rotatable bonds is 8. The Morgan fingerprint density at radius 2 is 1.76 bits per heavy atom. The quantitative estimate of drug-likeness (QED) is 0.274. The Hall–Kier alpha value is -4.01. The molecule has 1 aromatic heterocycles. The lowest BCUT2D eigenvalue weighted by atomic mass is 9.94. The third-order valence-electron chi connectivity index (χ3n) is 7.00. The van der Waals surface area contributed by atoms with Crippen LogP contribution >= 0.6 is 22.9 Å². The smallest absolute Gasteiger partial charge is 0.271 e. The van der Waals surface area contributed by atoms with E-state index in [-0.39, 0.29) is 23.9 Å². The summed E-state index contributed by atoms with van der Waals surface area (Å²) in [6.07, 6.45) is 1.79. The zero-order valence-corrected chi connectivity index (χ0v) is 24.5. The average Bonchev–Trinajstić information content (AvgIpc) is 3.27. The third-order valence-corrected chi connectivity index (χ3v) is 8.24. The summed E-state index contributed by atoms with van der Waals surface area (Å²) >= 11 is 7.45. The molecule has 0 saturated heterocycles. The summed E-state index contributed by atoms with van der Waals surface area (Å²) in [5.41, 5.74) is 3.12. The van der Waals surface area contributed by atoms with Gasteiger partial charge in [0.05, 0.1) is 21.8 Å². The van der Waals surface area contributed by atoms with Crippen molar-refractivity contribution in [3.8, 4) is 5.75 Å². The minimum Gasteiger partial charge on any atom is -0.488 e. The monoisotopic (exact) mass is 589 g/mol. The van der Waals surface area contributed by atoms with Gasteiger partial charge in [-0.1, -0.05) is 65.4 Å². The second kappa shape index (κ2) is 12.2. The number of benzene rings is 3. The molecule has 0 fully saturated rings. The zero-order chi connectivity index (χ0) is 29.1. The Morgan fingerprint density at radius 3 is 2.44 bits per heavy atom. The first-order chi connectivity index (χ1) is 19.8. The molecule has 0 bridgehead atoms. The molecule has 41 heavy (non-hydrogen) atoms. The number of thiazole rings is 1. The van der Waals surface area contributed by atoms with E-state index in [0.717, 1.165) is 16.7 Å². The maximum Gasteiger partial charge on any atom is 0.271 e. The van der Waals surface area contributed by atoms with Gasteiger partial charge < -0.3 is 9.64 Å². The lowest BCUT2D eigenvalue weighted by Gasteiger charge is -2.29. The van der Waals surface area contributed by atoms with Gasteiger partial charge in [0.25, 0.3) is 11.5 Å². The summed E-state index contributed by atoms with van der Waals surface area (Å²) in [5, 5.41) is 0.565. The molecule has 0 spiro atoms. The number of carbonyl (C=O) groups is 1. The molecular formula is C32H29ClFN3O3S. The number of allylic oxidation sites excluding steroid dienone is 1. The van der Waals surface area contributed by atoms with Crippen molar-refractivity contribution in [2.45, 2.75) is 33.4 Å². The molecule has 0 saturated carbocycles. The summed E-state index contributed by atoms with van der Waals surface area (Å²) in [6.45, 7) is 7.00. The molecule has 9 heteroatoms. The molecule has 0 N–H and O–H groups in total. The van der Waals surface area contributed by atoms with Crippen LogP contribution < -0.4 is 19.6 Å². The lowest BCUT2D eigenvalue weighted by Crippen LogP contribution is -2.43. The van der Waals surface area contributed by atoms with E-state index in [2.05, 4.69) is 0 Å². The van der Waals surface area contributed by atoms with Crippen LogP contribution in [0.25, 0.3) is 6.08 Å². The van der Waals surface area contributed by atoms with E-state index in [0.29, 0.717) is 44.5 Å². The maximum atomic E-state index is 14.0. The second-order valence-corrected chi connectivity index (χ2v) is 11.0. The fraction of sp³-hybridized carbons (Fsp3) is 0.219. The van der Waals surface area contributed by atoms with Gasteiger partial charge in [-0.25, -0.2) is 9.38 Å². The van der Waals surface area contributed by atoms with Crippen LogP contribution in [-0.2, 0) is 11.4 Å². The molecule has 1 amide bonds. The topological polar surface area (TPSA) is 63.9 Å². The molecule has 0 radical (unpaired) electrons. The third kappa shape index (κ3) is 5.89. The number of ether oxygens (including phenoxy) is 1. The predicted molar refractivity (Wildman–Crippen MR) is 160 cm³/mol. The number of carbonyl (C=O) groups excluding carboxylic acids is 1. The highest BCUT2D eigenvalue weighted by Crippen LogP contribution is 2.32. The van der Waals surface area contributed by atoms with Crippen LogP contribution in [0.4, 0.5) is 4.39 Å². The largest absolute Gasteiger partial charge is 0.488 e. The minimum atomic E-state index is -0.649. The molecule has 1 aliphatic rings. The van der Waals surface area contributed by atoms with Gasteiger partial charge in [0, 0.05) is 23.7 Å². The minimum absolute atomic E-state index is 0.148. The average molecular weight is 590 g/mol. The van der Waals surface area contributed by atoms with Gasteiger partial charge >= 0.3 is 0 Å². The van der Waals surface area contributed by atoms with Crippen molar-refractivity contribution in [1.82, 2.24) is 9.47 Å². The first-order valence-corrected chi connectivity index (χ1v) is 14.5. The number of amides is 1. The lowest BCUT2D eigenvalue weighted by molar-refractivity contribution is -0.127. The van der Waals surface area contributed by atoms with E-state index in [1.165, 1.54) is 23.5 Å². The highest BCUT2D eigenvalue weighted by Gasteiger charge is 2.34. The standard InChI is InChI=1S/C32H29ClFN3O3S/c1-4-36(5-2)31(39)28-20(3)35-32-37(29(28)22-12-14-24(33)15-13-22)30(38)27(41-32)18-23-8-6-7-9-26(23)40-19-21-10-16-25(34)17-11-21/h6-18,29H,4-5,19H2,1-3H3/b27-18+/t29-/m1/s1. The van der Waals surface area contributed by atoms with Crippen molar-refractivity contribution in [2.24, 2.45) is 4.99 Å². The number of likely N-dealkylation sites (N-methyl/N-ethyl adjacent to an activating group) is 1. The summed E-state index contributed by atoms with van der Waals surface area (Å²) < 4.78 is 21.4. The predicted octanol–water partition coefficient (Wildman–Crippen LogP) is 5.48. The van der Waals surface area contributed by atoms with Crippen LogP contribution in [0.5, 0.6) is 5.75 Å². The van der Waals surface area contributed by atoms with Gasteiger partial charge in [-0.3, -0.25) is 14.2 Å². The van der Waals surface area contributed by atoms with E-state index in [4.69, 9.17) is 21.3 Å². The van der Waals surface area contributed by atoms with Crippen LogP contribution in [0.3, 0.4) is 0 Å². The number of aromatic nitrogens is 1. The first kappa shape index (κ1) is 28.5. The van der Waals surface area contributed by atoms with E-state index in [1.807, 2.05) is 57.2 Å². The van der Waals surface area contributed by atoms with Gasteiger partial charge in [0.2, 0.25) is 0 Å². The zero-order valence-electron chi connectivity index (χ0n) is 22.9. The molecule has 4 aromatic rings. The van der Waals surface area contributed by atoms with Crippen molar-refractivity contribution < 1.29 is 13.9 Å². The Kier molecular flexibility index (Phi) is 8.52. The Labute approximate surface area is 246 Å². The molecule has 0 unspecified atom stereocenters. The number of para-hydroxylation sites is 1. The Bertz CT molecular complexity index is 1790. The summed E-state index contributed by atoms with van der Waals surface area (Å²) in [4.78, 5) is 34.7. The highest BCUT2D eigenvalue weighted by atomic mass is 35.5. The normalized spacial score (nSPS) is 15.0. The molecule has 0 aliphatic carbocycles. The van der Waals surface area contributed by atoms with Crippen LogP contribution in [0.2, 0.25) is 5.02 Å². The first-order valence-electron chi connectivity index (χ1n) is 13.3. The van der Waals surface area contributed by atoms with E-state index in [9.17, 15) is 14.0 Å². The summed E-state index contributed by atoms with van der Waals surface area (Å²) in [6, 6.07) is 20.1. The molecule has 1 atom stereocenters. The van der Waals surface area contributed by atoms with E-state index in [1.54, 1.807) is 39.8 Å². The van der Waals surface area contributed by atoms with E-state index < -0.39 is 6.04 Å². The van der Waals surface area contributed by atoms with Crippen LogP contribution in [-0.4, -0.2) is 28.5 Å². The maximum absolute atomic E-state index is 14.0. The van der Waals surface area contributed by atoms with Gasteiger partial charge in [-0.15, -0.1) is 0 Å². The number of hydrogen-bond donors (Lipinski definition) is 0. The van der Waals surface area contributed by atoms with Crippen molar-refractivity contribution >= 4 is 34.9 Å². The molecule has 5 rings (SSSR count). The molecule has 210 valence electrons. The number of hydrogen-bond acceptors (Lipinski definition) is 5. The molecular weight excluding hydrogens is 561 g/mol. The van der Waals surface area contributed by atoms with Crippen molar-refractivity contribution in [1.29, 1.82) is 0 Å². The number of halogens is 2. The molecule has 2 heterocycles. The second-order valence-electron chi connectivity index (χ2n) is 9.56. The molecule has 3 aromatic carbocycles. The van der Waals surface area contributed by atoms with E-state index >= 15 is 0 Å². The highest BCUT2D eigenvalue weighted by molar-refractivity contribution is 7.07. The van der Waals surface area contributed by atoms with Crippen molar-refractivity contribution in [2.75, 3.05) is 13.1 Å². The summed E-state index contributed by atoms with van der Waals surface area (Å²) in [5.74, 6) is 0.133. The molecule has 6 nitrogen and oxygen atoms in total. The fourth-order valence-electron chi connectivity index (χ4n) is 4.85. The SMILES string of the molecule is CCN(CC)C(=O)C1=C(C)N=c2s/c(=C/c3ccccc3OCc3ccc(F)cc3)c(=O)n2[C@@H]1c1ccc(Cl)cc1. The van der Waals surface area contributed by atoms with Gasteiger partial charge in [0.1, 0.15) is 18.2 Å². The number of fused-ring (bicyclic) bond motifs is 1. The van der Waals surface area contributed by atoms with Crippen molar-refractivity contribution in [3.63, 3.8) is 0 Å². The van der Waals surface area contributed by atoms with Crippen LogP contribution in [0, 0.1) is 5.82 Å². The van der Waals surface area contributed by atoms with Gasteiger partial charge in [-0.2, -0.15) is 0 Å². The fourth-order valence-corrected chi connectivity index (χ4v) is 6.01.